The van der Waals surface area contributed by atoms with Crippen LogP contribution >= 0.6 is 11.8 Å². The smallest absolute Gasteiger partial charge is 0.311 e. The van der Waals surface area contributed by atoms with E-state index in [0.717, 1.165) is 23.5 Å². The molecule has 2 aromatic carbocycles. The summed E-state index contributed by atoms with van der Waals surface area (Å²) in [4.78, 5) is 27.9. The average Bonchev–Trinajstić information content (AvgIpc) is 2.70. The summed E-state index contributed by atoms with van der Waals surface area (Å²) in [6.45, 7) is 10.1. The first-order valence-corrected chi connectivity index (χ1v) is 10.6. The molecule has 1 heterocycles. The minimum Gasteiger partial charge on any atom is -0.484 e. The Labute approximate surface area is 175 Å². The van der Waals surface area contributed by atoms with E-state index >= 15 is 0 Å². The quantitative estimate of drug-likeness (QED) is 0.485. The molecule has 0 bridgehead atoms. The van der Waals surface area contributed by atoms with E-state index in [9.17, 15) is 14.9 Å². The molecule has 7 heteroatoms. The third kappa shape index (κ3) is 4.31. The normalized spacial score (nSPS) is 18.4. The van der Waals surface area contributed by atoms with Gasteiger partial charge in [-0.2, -0.15) is 0 Å². The summed E-state index contributed by atoms with van der Waals surface area (Å²) in [5.41, 5.74) is 1.97. The fourth-order valence-electron chi connectivity index (χ4n) is 3.58. The predicted molar refractivity (Wildman–Crippen MR) is 115 cm³/mol. The van der Waals surface area contributed by atoms with Gasteiger partial charge in [0.15, 0.2) is 5.78 Å². The second-order valence-electron chi connectivity index (χ2n) is 7.41. The molecule has 6 nitrogen and oxygen atoms in total. The number of benzene rings is 2. The highest BCUT2D eigenvalue weighted by Gasteiger charge is 2.48. The molecule has 3 rings (SSSR count). The molecular weight excluding hydrogens is 388 g/mol. The average molecular weight is 415 g/mol. The van der Waals surface area contributed by atoms with Crippen molar-refractivity contribution in [3.8, 4) is 5.75 Å². The van der Waals surface area contributed by atoms with Gasteiger partial charge in [-0.15, -0.1) is 11.8 Å². The number of ketones is 1. The van der Waals surface area contributed by atoms with Gasteiger partial charge in [0, 0.05) is 17.5 Å². The summed E-state index contributed by atoms with van der Waals surface area (Å²) >= 11 is 1.49. The van der Waals surface area contributed by atoms with Gasteiger partial charge < -0.3 is 9.64 Å². The number of ether oxygens (including phenoxy) is 1. The standard InChI is InChI=1S/C22H26N2O4S/c1-5-23(6-2)13-22(29-17-9-7-15(3)8-10-17)14-28-20-18(21(22)25)11-16(4)12-19(20)24(26)27/h7-12H,5-6,13-14H2,1-4H3. The molecule has 0 aliphatic carbocycles. The highest BCUT2D eigenvalue weighted by atomic mass is 32.2. The number of carbonyl (C=O) groups excluding carboxylic acids is 1. The lowest BCUT2D eigenvalue weighted by Crippen LogP contribution is -2.52. The van der Waals surface area contributed by atoms with Crippen molar-refractivity contribution in [1.82, 2.24) is 4.90 Å². The fourth-order valence-corrected chi connectivity index (χ4v) is 4.87. The van der Waals surface area contributed by atoms with Gasteiger partial charge in [-0.1, -0.05) is 31.5 Å². The van der Waals surface area contributed by atoms with E-state index in [0.29, 0.717) is 17.7 Å². The second-order valence-corrected chi connectivity index (χ2v) is 8.86. The number of nitrogens with zero attached hydrogens (tertiary/aromatic N) is 2. The van der Waals surface area contributed by atoms with Crippen LogP contribution in [-0.4, -0.2) is 46.6 Å². The highest BCUT2D eigenvalue weighted by Crippen LogP contribution is 2.45. The highest BCUT2D eigenvalue weighted by molar-refractivity contribution is 8.01. The van der Waals surface area contributed by atoms with Crippen LogP contribution in [0.25, 0.3) is 0 Å². The molecule has 154 valence electrons. The molecule has 1 aliphatic rings. The minimum atomic E-state index is -0.865. The van der Waals surface area contributed by atoms with Crippen LogP contribution in [0.5, 0.6) is 5.75 Å². The molecule has 0 radical (unpaired) electrons. The number of hydrogen-bond acceptors (Lipinski definition) is 6. The van der Waals surface area contributed by atoms with Gasteiger partial charge in [0.25, 0.3) is 0 Å². The summed E-state index contributed by atoms with van der Waals surface area (Å²) in [7, 11) is 0. The fraction of sp³-hybridized carbons (Fsp3) is 0.409. The molecule has 0 saturated heterocycles. The zero-order valence-electron chi connectivity index (χ0n) is 17.2. The first kappa shape index (κ1) is 21.3. The van der Waals surface area contributed by atoms with Crippen molar-refractivity contribution in [2.75, 3.05) is 26.2 Å². The lowest BCUT2D eigenvalue weighted by atomic mass is 9.91. The van der Waals surface area contributed by atoms with Crippen molar-refractivity contribution in [3.05, 3.63) is 63.2 Å². The van der Waals surface area contributed by atoms with E-state index < -0.39 is 9.67 Å². The topological polar surface area (TPSA) is 72.7 Å². The Morgan fingerprint density at radius 3 is 2.38 bits per heavy atom. The van der Waals surface area contributed by atoms with Gasteiger partial charge in [-0.25, -0.2) is 0 Å². The van der Waals surface area contributed by atoms with E-state index in [1.165, 1.54) is 17.8 Å². The maximum absolute atomic E-state index is 13.8. The Kier molecular flexibility index (Phi) is 6.29. The summed E-state index contributed by atoms with van der Waals surface area (Å²) in [5, 5.41) is 11.5. The molecule has 2 aromatic rings. The van der Waals surface area contributed by atoms with Crippen LogP contribution in [0.2, 0.25) is 0 Å². The van der Waals surface area contributed by atoms with Gasteiger partial charge in [-0.3, -0.25) is 14.9 Å². The number of thioether (sulfide) groups is 1. The predicted octanol–water partition coefficient (Wildman–Crippen LogP) is 4.66. The maximum atomic E-state index is 13.8. The van der Waals surface area contributed by atoms with E-state index in [2.05, 4.69) is 18.7 Å². The Balaban J connectivity index is 2.08. The number of nitro benzene ring substituents is 1. The Hall–Kier alpha value is -2.38. The van der Waals surface area contributed by atoms with Crippen molar-refractivity contribution in [2.45, 2.75) is 37.3 Å². The van der Waals surface area contributed by atoms with Gasteiger partial charge in [0.2, 0.25) is 5.75 Å². The number of fused-ring (bicyclic) bond motifs is 1. The largest absolute Gasteiger partial charge is 0.484 e. The Morgan fingerprint density at radius 1 is 1.14 bits per heavy atom. The molecule has 29 heavy (non-hydrogen) atoms. The van der Waals surface area contributed by atoms with E-state index in [4.69, 9.17) is 4.74 Å². The molecule has 0 fully saturated rings. The number of rotatable bonds is 7. The first-order valence-electron chi connectivity index (χ1n) is 9.74. The third-order valence-electron chi connectivity index (χ3n) is 5.23. The van der Waals surface area contributed by atoms with Crippen LogP contribution < -0.4 is 4.74 Å². The van der Waals surface area contributed by atoms with Crippen molar-refractivity contribution in [2.24, 2.45) is 0 Å². The van der Waals surface area contributed by atoms with E-state index in [-0.39, 0.29) is 23.8 Å². The van der Waals surface area contributed by atoms with Crippen molar-refractivity contribution < 1.29 is 14.5 Å². The number of hydrogen-bond donors (Lipinski definition) is 0. The zero-order chi connectivity index (χ0) is 21.2. The van der Waals surface area contributed by atoms with Crippen LogP contribution in [0.15, 0.2) is 41.3 Å². The van der Waals surface area contributed by atoms with E-state index in [1.807, 2.05) is 31.2 Å². The summed E-state index contributed by atoms with van der Waals surface area (Å²) in [5.74, 6) is -0.0201. The maximum Gasteiger partial charge on any atom is 0.311 e. The monoisotopic (exact) mass is 414 g/mol. The molecule has 1 aliphatic heterocycles. The van der Waals surface area contributed by atoms with Crippen molar-refractivity contribution in [3.63, 3.8) is 0 Å². The van der Waals surface area contributed by atoms with Crippen LogP contribution in [0.3, 0.4) is 0 Å². The van der Waals surface area contributed by atoms with Crippen molar-refractivity contribution in [1.29, 1.82) is 0 Å². The zero-order valence-corrected chi connectivity index (χ0v) is 18.0. The number of aryl methyl sites for hydroxylation is 2. The Bertz CT molecular complexity index is 925. The summed E-state index contributed by atoms with van der Waals surface area (Å²) < 4.78 is 5.07. The van der Waals surface area contributed by atoms with Gasteiger partial charge >= 0.3 is 5.69 Å². The first-order chi connectivity index (χ1) is 13.8. The van der Waals surface area contributed by atoms with Crippen molar-refractivity contribution >= 4 is 23.2 Å². The third-order valence-corrected chi connectivity index (χ3v) is 6.56. The molecule has 0 N–H and O–H groups in total. The van der Waals surface area contributed by atoms with Crippen LogP contribution in [0.4, 0.5) is 5.69 Å². The lowest BCUT2D eigenvalue weighted by molar-refractivity contribution is -0.386. The van der Waals surface area contributed by atoms with Gasteiger partial charge in [0.1, 0.15) is 11.4 Å². The molecule has 1 atom stereocenters. The van der Waals surface area contributed by atoms with Crippen LogP contribution in [-0.2, 0) is 0 Å². The van der Waals surface area contributed by atoms with Crippen LogP contribution in [0, 0.1) is 24.0 Å². The molecule has 0 amide bonds. The lowest BCUT2D eigenvalue weighted by Gasteiger charge is -2.39. The summed E-state index contributed by atoms with van der Waals surface area (Å²) in [6.07, 6.45) is 0. The van der Waals surface area contributed by atoms with Crippen LogP contribution in [0.1, 0.15) is 35.3 Å². The molecule has 1 unspecified atom stereocenters. The summed E-state index contributed by atoms with van der Waals surface area (Å²) in [6, 6.07) is 11.2. The second kappa shape index (κ2) is 8.55. The molecule has 0 aromatic heterocycles. The minimum absolute atomic E-state index is 0.0882. The molecule has 0 saturated carbocycles. The van der Waals surface area contributed by atoms with Gasteiger partial charge in [0.05, 0.1) is 10.5 Å². The molecule has 0 spiro atoms. The number of carbonyl (C=O) groups is 1. The number of Topliss-reactive ketones (excluding diaryl/α,β-unsaturated/α-hetero) is 1. The molecular formula is C22H26N2O4S. The van der Waals surface area contributed by atoms with Gasteiger partial charge in [-0.05, 0) is 50.7 Å². The Morgan fingerprint density at radius 2 is 1.79 bits per heavy atom. The van der Waals surface area contributed by atoms with E-state index in [1.54, 1.807) is 13.0 Å². The number of nitro groups is 1. The SMILES string of the molecule is CCN(CC)CC1(Sc2ccc(C)cc2)COc2c(cc(C)cc2[N+](=O)[O-])C1=O.